The Kier molecular flexibility index (Phi) is 2.53. The largest absolute Gasteiger partial charge is 0.464 e. The van der Waals surface area contributed by atoms with Crippen LogP contribution in [0.25, 0.3) is 0 Å². The molecule has 13 heavy (non-hydrogen) atoms. The van der Waals surface area contributed by atoms with E-state index in [9.17, 15) is 9.59 Å². The summed E-state index contributed by atoms with van der Waals surface area (Å²) in [5.41, 5.74) is 4.96. The van der Waals surface area contributed by atoms with Crippen molar-refractivity contribution in [2.45, 2.75) is 0 Å². The van der Waals surface area contributed by atoms with E-state index in [0.29, 0.717) is 0 Å². The highest BCUT2D eigenvalue weighted by atomic mass is 16.5. The lowest BCUT2D eigenvalue weighted by Gasteiger charge is -1.97. The summed E-state index contributed by atoms with van der Waals surface area (Å²) in [6, 6.07) is 0. The van der Waals surface area contributed by atoms with E-state index in [4.69, 9.17) is 5.73 Å². The van der Waals surface area contributed by atoms with Gasteiger partial charge in [-0.1, -0.05) is 0 Å². The van der Waals surface area contributed by atoms with Gasteiger partial charge in [0.15, 0.2) is 5.69 Å². The van der Waals surface area contributed by atoms with Crippen LogP contribution in [0.3, 0.4) is 0 Å². The third-order valence-corrected chi connectivity index (χ3v) is 1.30. The Balaban J connectivity index is 2.93. The van der Waals surface area contributed by atoms with Crippen molar-refractivity contribution in [2.24, 2.45) is 5.73 Å². The standard InChI is InChI=1S/C7H7N3O3/c1-13-7(12)5-3-9-4(2-10-5)6(8)11/h2-3H,1H3,(H2,8,11). The highest BCUT2D eigenvalue weighted by molar-refractivity contribution is 5.91. The van der Waals surface area contributed by atoms with Crippen LogP contribution in [0.2, 0.25) is 0 Å². The van der Waals surface area contributed by atoms with Gasteiger partial charge >= 0.3 is 5.97 Å². The fourth-order valence-corrected chi connectivity index (χ4v) is 0.665. The molecule has 6 nitrogen and oxygen atoms in total. The number of rotatable bonds is 2. The van der Waals surface area contributed by atoms with Gasteiger partial charge in [0.05, 0.1) is 19.5 Å². The number of aromatic nitrogens is 2. The van der Waals surface area contributed by atoms with Crippen LogP contribution < -0.4 is 5.73 Å². The Morgan fingerprint density at radius 2 is 1.85 bits per heavy atom. The number of carbonyl (C=O) groups is 2. The van der Waals surface area contributed by atoms with Crippen molar-refractivity contribution in [1.82, 2.24) is 9.97 Å². The molecule has 1 aromatic rings. The summed E-state index contributed by atoms with van der Waals surface area (Å²) in [6.07, 6.45) is 2.25. The molecule has 0 saturated carbocycles. The Hall–Kier alpha value is -1.98. The van der Waals surface area contributed by atoms with E-state index in [2.05, 4.69) is 14.7 Å². The van der Waals surface area contributed by atoms with Crippen LogP contribution in [0.4, 0.5) is 0 Å². The number of nitrogens with zero attached hydrogens (tertiary/aromatic N) is 2. The van der Waals surface area contributed by atoms with Gasteiger partial charge in [-0.2, -0.15) is 0 Å². The van der Waals surface area contributed by atoms with E-state index in [1.165, 1.54) is 7.11 Å². The molecule has 0 unspecified atom stereocenters. The molecule has 0 aliphatic carbocycles. The van der Waals surface area contributed by atoms with Crippen LogP contribution in [-0.2, 0) is 4.74 Å². The first-order valence-electron chi connectivity index (χ1n) is 3.35. The Bertz CT molecular complexity index is 333. The van der Waals surface area contributed by atoms with E-state index in [-0.39, 0.29) is 11.4 Å². The maximum atomic E-state index is 10.9. The Morgan fingerprint density at radius 1 is 1.31 bits per heavy atom. The van der Waals surface area contributed by atoms with Crippen LogP contribution in [0, 0.1) is 0 Å². The molecule has 1 amide bonds. The molecule has 0 atom stereocenters. The van der Waals surface area contributed by atoms with Crippen LogP contribution in [-0.4, -0.2) is 29.0 Å². The predicted molar refractivity (Wildman–Crippen MR) is 41.9 cm³/mol. The van der Waals surface area contributed by atoms with Gasteiger partial charge < -0.3 is 10.5 Å². The zero-order valence-electron chi connectivity index (χ0n) is 6.85. The maximum absolute atomic E-state index is 10.9. The molecular weight excluding hydrogens is 174 g/mol. The zero-order chi connectivity index (χ0) is 9.84. The van der Waals surface area contributed by atoms with Crippen LogP contribution in [0.15, 0.2) is 12.4 Å². The molecule has 0 aliphatic heterocycles. The molecule has 68 valence electrons. The van der Waals surface area contributed by atoms with Gasteiger partial charge in [-0.05, 0) is 0 Å². The minimum absolute atomic E-state index is 0.00709. The fraction of sp³-hybridized carbons (Fsp3) is 0.143. The lowest BCUT2D eigenvalue weighted by molar-refractivity contribution is 0.0593. The molecule has 0 aromatic carbocycles. The summed E-state index contributed by atoms with van der Waals surface area (Å²) in [5, 5.41) is 0. The topological polar surface area (TPSA) is 95.2 Å². The van der Waals surface area contributed by atoms with E-state index >= 15 is 0 Å². The van der Waals surface area contributed by atoms with Crippen molar-refractivity contribution >= 4 is 11.9 Å². The second kappa shape index (κ2) is 3.61. The van der Waals surface area contributed by atoms with Gasteiger partial charge in [0.2, 0.25) is 0 Å². The van der Waals surface area contributed by atoms with E-state index < -0.39 is 11.9 Å². The van der Waals surface area contributed by atoms with Crippen molar-refractivity contribution in [3.05, 3.63) is 23.8 Å². The number of hydrogen-bond donors (Lipinski definition) is 1. The number of primary amides is 1. The number of amides is 1. The molecule has 0 fully saturated rings. The summed E-state index contributed by atoms with van der Waals surface area (Å²) in [7, 11) is 1.23. The molecule has 1 aromatic heterocycles. The van der Waals surface area contributed by atoms with E-state index in [1.807, 2.05) is 0 Å². The second-order valence-electron chi connectivity index (χ2n) is 2.14. The molecule has 1 rings (SSSR count). The smallest absolute Gasteiger partial charge is 0.358 e. The normalized spacial score (nSPS) is 9.31. The van der Waals surface area contributed by atoms with Crippen molar-refractivity contribution in [3.63, 3.8) is 0 Å². The Labute approximate surface area is 73.7 Å². The first-order valence-corrected chi connectivity index (χ1v) is 3.35. The SMILES string of the molecule is COC(=O)c1cnc(C(N)=O)cn1. The molecule has 0 spiro atoms. The molecular formula is C7H7N3O3. The molecule has 1 heterocycles. The zero-order valence-corrected chi connectivity index (χ0v) is 6.85. The van der Waals surface area contributed by atoms with Gasteiger partial charge in [0.25, 0.3) is 5.91 Å². The minimum atomic E-state index is -0.691. The number of ether oxygens (including phenoxy) is 1. The van der Waals surface area contributed by atoms with Crippen molar-refractivity contribution in [1.29, 1.82) is 0 Å². The summed E-state index contributed by atoms with van der Waals surface area (Å²) in [5.74, 6) is -1.30. The molecule has 6 heteroatoms. The summed E-state index contributed by atoms with van der Waals surface area (Å²) >= 11 is 0. The highest BCUT2D eigenvalue weighted by Crippen LogP contribution is 1.96. The van der Waals surface area contributed by atoms with Crippen LogP contribution in [0.5, 0.6) is 0 Å². The van der Waals surface area contributed by atoms with Crippen molar-refractivity contribution in [3.8, 4) is 0 Å². The molecule has 0 bridgehead atoms. The van der Waals surface area contributed by atoms with E-state index in [1.54, 1.807) is 0 Å². The third-order valence-electron chi connectivity index (χ3n) is 1.30. The number of esters is 1. The average molecular weight is 181 g/mol. The predicted octanol–water partition coefficient (Wildman–Crippen LogP) is -0.638. The van der Waals surface area contributed by atoms with Crippen LogP contribution in [0.1, 0.15) is 21.0 Å². The minimum Gasteiger partial charge on any atom is -0.464 e. The Morgan fingerprint density at radius 3 is 2.23 bits per heavy atom. The van der Waals surface area contributed by atoms with Gasteiger partial charge in [-0.25, -0.2) is 14.8 Å². The lowest BCUT2D eigenvalue weighted by Crippen LogP contribution is -2.15. The van der Waals surface area contributed by atoms with Gasteiger partial charge in [0, 0.05) is 0 Å². The highest BCUT2D eigenvalue weighted by Gasteiger charge is 2.08. The fourth-order valence-electron chi connectivity index (χ4n) is 0.665. The quantitative estimate of drug-likeness (QED) is 0.612. The van der Waals surface area contributed by atoms with Crippen molar-refractivity contribution < 1.29 is 14.3 Å². The van der Waals surface area contributed by atoms with Gasteiger partial charge in [-0.3, -0.25) is 4.79 Å². The van der Waals surface area contributed by atoms with Gasteiger partial charge in [0.1, 0.15) is 5.69 Å². The first-order chi connectivity index (χ1) is 6.15. The second-order valence-corrected chi connectivity index (χ2v) is 2.14. The molecule has 0 saturated heterocycles. The number of hydrogen-bond acceptors (Lipinski definition) is 5. The number of methoxy groups -OCH3 is 1. The molecule has 2 N–H and O–H groups in total. The van der Waals surface area contributed by atoms with Crippen molar-refractivity contribution in [2.75, 3.05) is 7.11 Å². The first kappa shape index (κ1) is 9.11. The summed E-state index contributed by atoms with van der Waals surface area (Å²) in [4.78, 5) is 28.7. The summed E-state index contributed by atoms with van der Waals surface area (Å²) in [6.45, 7) is 0. The van der Waals surface area contributed by atoms with Gasteiger partial charge in [-0.15, -0.1) is 0 Å². The van der Waals surface area contributed by atoms with Crippen LogP contribution >= 0.6 is 0 Å². The monoisotopic (exact) mass is 181 g/mol. The number of carbonyl (C=O) groups excluding carboxylic acids is 2. The molecule has 0 radical (unpaired) electrons. The average Bonchev–Trinajstić information content (AvgIpc) is 2.17. The summed E-state index contributed by atoms with van der Waals surface area (Å²) < 4.78 is 4.38. The third kappa shape index (κ3) is 1.98. The molecule has 0 aliphatic rings. The lowest BCUT2D eigenvalue weighted by atomic mass is 10.4. The van der Waals surface area contributed by atoms with E-state index in [0.717, 1.165) is 12.4 Å². The number of nitrogens with two attached hydrogens (primary N) is 1. The maximum Gasteiger partial charge on any atom is 0.358 e.